The Morgan fingerprint density at radius 3 is 0.800 bits per heavy atom. The van der Waals surface area contributed by atoms with Crippen LogP contribution in [0.25, 0.3) is 0 Å². The third kappa shape index (κ3) is 43.4. The smallest absolute Gasteiger partial charge is 0.187 e. The van der Waals surface area contributed by atoms with E-state index in [4.69, 9.17) is 9.32 Å². The van der Waals surface area contributed by atoms with Gasteiger partial charge < -0.3 is 0 Å². The average Bonchev–Trinajstić information content (AvgIpc) is 1.50. The van der Waals surface area contributed by atoms with E-state index >= 15 is 0 Å². The number of hydrogen-bond donors (Lipinski definition) is 2. The van der Waals surface area contributed by atoms with Crippen LogP contribution < -0.4 is 0 Å². The lowest BCUT2D eigenvalue weighted by molar-refractivity contribution is 0.632. The lowest BCUT2D eigenvalue weighted by Gasteiger charge is -1.13. The van der Waals surface area contributed by atoms with Crippen molar-refractivity contribution in [1.82, 2.24) is 0 Å². The predicted octanol–water partition coefficient (Wildman–Crippen LogP) is -0.919. The number of hydrogen-bond acceptors (Lipinski definition) is 2. The Labute approximate surface area is 50.8 Å². The highest BCUT2D eigenvalue weighted by Crippen LogP contribution is 1.32. The summed E-state index contributed by atoms with van der Waals surface area (Å²) in [6.45, 7) is 0. The molecule has 0 bridgehead atoms. The van der Waals surface area contributed by atoms with Crippen LogP contribution in [-0.4, -0.2) is 26.7 Å². The lowest BCUT2D eigenvalue weighted by atomic mass is 15.9. The molecule has 0 saturated carbocycles. The van der Waals surface area contributed by atoms with Gasteiger partial charge in [-0.15, -0.1) is 0 Å². The molecule has 0 aromatic carbocycles. The van der Waals surface area contributed by atoms with Crippen LogP contribution in [-0.2, 0) is 0 Å². The molecule has 2 N–H and O–H groups in total. The zero-order valence-corrected chi connectivity index (χ0v) is 3.16. The minimum atomic E-state index is 0. The maximum absolute atomic E-state index is 6.47. The van der Waals surface area contributed by atoms with Crippen LogP contribution in [0.1, 0.15) is 0 Å². The SMILES string of the molecule is OCl.OCl.[AlH3]. The van der Waals surface area contributed by atoms with Gasteiger partial charge in [-0.1, -0.05) is 0 Å². The minimum Gasteiger partial charge on any atom is -0.295 e. The average molecular weight is 135 g/mol. The quantitative estimate of drug-likeness (QED) is 0.421. The van der Waals surface area contributed by atoms with E-state index in [0.717, 1.165) is 0 Å². The molecule has 0 aliphatic heterocycles. The van der Waals surface area contributed by atoms with Gasteiger partial charge in [0.15, 0.2) is 17.4 Å². The van der Waals surface area contributed by atoms with Crippen LogP contribution in [0.15, 0.2) is 0 Å². The van der Waals surface area contributed by atoms with Gasteiger partial charge in [-0.25, -0.2) is 0 Å². The molecule has 0 aromatic heterocycles. The molecule has 34 valence electrons. The molecule has 2 nitrogen and oxygen atoms in total. The van der Waals surface area contributed by atoms with Gasteiger partial charge in [0, 0.05) is 0 Å². The summed E-state index contributed by atoms with van der Waals surface area (Å²) in [6, 6.07) is 0. The topological polar surface area (TPSA) is 40.5 Å². The first kappa shape index (κ1) is 16.6. The van der Waals surface area contributed by atoms with Crippen molar-refractivity contribution < 1.29 is 9.32 Å². The zero-order chi connectivity index (χ0) is 4.00. The Morgan fingerprint density at radius 2 is 0.800 bits per heavy atom. The molecule has 0 fully saturated rings. The summed E-state index contributed by atoms with van der Waals surface area (Å²) in [5.74, 6) is 0. The second-order valence-electron chi connectivity index (χ2n) is 0. The maximum Gasteiger partial charge on any atom is 0.187 e. The van der Waals surface area contributed by atoms with Crippen molar-refractivity contribution in [2.45, 2.75) is 0 Å². The molecular weight excluding hydrogens is 130 g/mol. The summed E-state index contributed by atoms with van der Waals surface area (Å²) < 4.78 is 12.9. The molecule has 0 aliphatic carbocycles. The van der Waals surface area contributed by atoms with Crippen LogP contribution in [0.5, 0.6) is 0 Å². The lowest BCUT2D eigenvalue weighted by Crippen LogP contribution is -0.913. The molecule has 0 rings (SSSR count). The van der Waals surface area contributed by atoms with Crippen molar-refractivity contribution in [2.75, 3.05) is 0 Å². The van der Waals surface area contributed by atoms with Crippen LogP contribution >= 0.6 is 23.7 Å². The number of halogens is 2. The van der Waals surface area contributed by atoms with Crippen LogP contribution in [0, 0.1) is 0 Å². The van der Waals surface area contributed by atoms with Crippen LogP contribution in [0.2, 0.25) is 0 Å². The summed E-state index contributed by atoms with van der Waals surface area (Å²) in [6.07, 6.45) is 0. The molecule has 0 aliphatic rings. The van der Waals surface area contributed by atoms with Crippen molar-refractivity contribution in [3.8, 4) is 0 Å². The van der Waals surface area contributed by atoms with Gasteiger partial charge in [0.2, 0.25) is 0 Å². The van der Waals surface area contributed by atoms with Gasteiger partial charge >= 0.3 is 0 Å². The van der Waals surface area contributed by atoms with Crippen LogP contribution in [0.3, 0.4) is 0 Å². The standard InChI is InChI=1S/Al.2ClHO.3H/c;2*1-2;;;/h;2*2H;;;. The first-order valence-electron chi connectivity index (χ1n) is 0.338. The Kier molecular flexibility index (Phi) is 255. The van der Waals surface area contributed by atoms with Crippen molar-refractivity contribution in [3.63, 3.8) is 0 Å². The molecule has 0 atom stereocenters. The molecule has 5 heteroatoms. The van der Waals surface area contributed by atoms with Crippen LogP contribution in [0.4, 0.5) is 0 Å². The molecule has 0 spiro atoms. The molecule has 0 radical (unpaired) electrons. The van der Waals surface area contributed by atoms with Gasteiger partial charge in [-0.05, 0) is 0 Å². The Bertz CT molecular complexity index is 7.61. The number of rotatable bonds is 0. The second kappa shape index (κ2) is 76.8. The van der Waals surface area contributed by atoms with Gasteiger partial charge in [-0.3, -0.25) is 9.32 Å². The highest BCUT2D eigenvalue weighted by atomic mass is 35.5. The van der Waals surface area contributed by atoms with E-state index < -0.39 is 0 Å². The van der Waals surface area contributed by atoms with E-state index in [1.165, 1.54) is 0 Å². The van der Waals surface area contributed by atoms with E-state index in [1.54, 1.807) is 0 Å². The van der Waals surface area contributed by atoms with Crippen molar-refractivity contribution in [3.05, 3.63) is 0 Å². The largest absolute Gasteiger partial charge is 0.295 e. The molecule has 0 amide bonds. The predicted molar refractivity (Wildman–Crippen MR) is 26.1 cm³/mol. The molecule has 0 saturated heterocycles. The van der Waals surface area contributed by atoms with Gasteiger partial charge in [-0.2, -0.15) is 0 Å². The highest BCUT2D eigenvalue weighted by Gasteiger charge is 0.899. The fourth-order valence-corrected chi connectivity index (χ4v) is 0. The van der Waals surface area contributed by atoms with E-state index in [0.29, 0.717) is 0 Å². The Morgan fingerprint density at radius 1 is 0.800 bits per heavy atom. The fourth-order valence-electron chi connectivity index (χ4n) is 0. The Hall–Kier alpha value is 1.03. The van der Waals surface area contributed by atoms with Crippen molar-refractivity contribution >= 4 is 41.1 Å². The molecule has 0 unspecified atom stereocenters. The summed E-state index contributed by atoms with van der Waals surface area (Å²) in [5, 5.41) is 0. The Balaban J connectivity index is -0.0000000133. The normalized spacial score (nSPS) is 2.40. The second-order valence-corrected chi connectivity index (χ2v) is 0. The fraction of sp³-hybridized carbons (Fsp3) is 0. The van der Waals surface area contributed by atoms with E-state index in [-0.39, 0.29) is 17.4 Å². The van der Waals surface area contributed by atoms with E-state index in [9.17, 15) is 0 Å². The maximum atomic E-state index is 6.47. The van der Waals surface area contributed by atoms with Gasteiger partial charge in [0.1, 0.15) is 0 Å². The van der Waals surface area contributed by atoms with E-state index in [1.807, 2.05) is 0 Å². The zero-order valence-electron chi connectivity index (χ0n) is 1.65. The van der Waals surface area contributed by atoms with Gasteiger partial charge in [0.25, 0.3) is 0 Å². The first-order valence-corrected chi connectivity index (χ1v) is 1.01. The minimum absolute atomic E-state index is 0. The van der Waals surface area contributed by atoms with Crippen molar-refractivity contribution in [2.24, 2.45) is 0 Å². The van der Waals surface area contributed by atoms with Crippen molar-refractivity contribution in [1.29, 1.82) is 0 Å². The summed E-state index contributed by atoms with van der Waals surface area (Å²) in [5.41, 5.74) is 0. The highest BCUT2D eigenvalue weighted by molar-refractivity contribution is 6.05. The monoisotopic (exact) mass is 134 g/mol. The molecular formula is H5AlCl2O2. The van der Waals surface area contributed by atoms with Gasteiger partial charge in [0.05, 0.1) is 23.7 Å². The molecule has 5 heavy (non-hydrogen) atoms. The third-order valence-electron chi connectivity index (χ3n) is 0. The summed E-state index contributed by atoms with van der Waals surface area (Å²) >= 11 is 7.28. The first-order chi connectivity index (χ1) is 2.00. The molecule has 0 heterocycles. The summed E-state index contributed by atoms with van der Waals surface area (Å²) in [7, 11) is 0. The molecule has 0 aromatic rings. The third-order valence-corrected chi connectivity index (χ3v) is 0. The van der Waals surface area contributed by atoms with E-state index in [2.05, 4.69) is 23.7 Å². The summed E-state index contributed by atoms with van der Waals surface area (Å²) in [4.78, 5) is 0.